The second kappa shape index (κ2) is 11.3. The predicted octanol–water partition coefficient (Wildman–Crippen LogP) is 5.51. The molecule has 0 radical (unpaired) electrons. The third-order valence-electron chi connectivity index (χ3n) is 6.13. The van der Waals surface area contributed by atoms with Crippen molar-refractivity contribution >= 4 is 46.1 Å². The van der Waals surface area contributed by atoms with E-state index in [0.29, 0.717) is 33.9 Å². The van der Waals surface area contributed by atoms with Crippen LogP contribution in [0.25, 0.3) is 11.0 Å². The van der Waals surface area contributed by atoms with Crippen molar-refractivity contribution in [2.24, 2.45) is 0 Å². The molecule has 1 aliphatic rings. The van der Waals surface area contributed by atoms with Crippen LogP contribution < -0.4 is 10.1 Å². The number of aromatic nitrogens is 2. The zero-order valence-electron chi connectivity index (χ0n) is 19.6. The van der Waals surface area contributed by atoms with Crippen molar-refractivity contribution in [1.82, 2.24) is 14.5 Å². The Morgan fingerprint density at radius 2 is 1.78 bits per heavy atom. The Morgan fingerprint density at radius 1 is 1.00 bits per heavy atom. The third kappa shape index (κ3) is 5.82. The molecule has 0 saturated carbocycles. The summed E-state index contributed by atoms with van der Waals surface area (Å²) in [7, 11) is 0. The Bertz CT molecular complexity index is 1350. The SMILES string of the molecule is O=C(Nc1nc2ccccc2n1CCN1CCOCC1)c1ccc(COc2ccc(Cl)cc2Cl)cc1. The van der Waals surface area contributed by atoms with Crippen LogP contribution in [0.15, 0.2) is 66.7 Å². The first kappa shape index (κ1) is 24.6. The fourth-order valence-electron chi connectivity index (χ4n) is 4.14. The molecule has 1 amide bonds. The molecular formula is C27H26Cl2N4O3. The number of halogens is 2. The van der Waals surface area contributed by atoms with Gasteiger partial charge in [0.15, 0.2) is 0 Å². The van der Waals surface area contributed by atoms with Crippen LogP contribution >= 0.6 is 23.2 Å². The number of fused-ring (bicyclic) bond motifs is 1. The number of rotatable bonds is 8. The number of anilines is 1. The van der Waals surface area contributed by atoms with E-state index in [0.717, 1.165) is 56.0 Å². The second-order valence-corrected chi connectivity index (χ2v) is 9.39. The lowest BCUT2D eigenvalue weighted by Crippen LogP contribution is -2.38. The van der Waals surface area contributed by atoms with Gasteiger partial charge in [0.25, 0.3) is 5.91 Å². The van der Waals surface area contributed by atoms with E-state index in [1.807, 2.05) is 36.4 Å². The minimum atomic E-state index is -0.217. The number of para-hydroxylation sites is 2. The van der Waals surface area contributed by atoms with Gasteiger partial charge in [-0.1, -0.05) is 47.5 Å². The summed E-state index contributed by atoms with van der Waals surface area (Å²) < 4.78 is 13.3. The number of imidazole rings is 1. The van der Waals surface area contributed by atoms with E-state index in [4.69, 9.17) is 32.7 Å². The molecule has 1 fully saturated rings. The molecule has 3 aromatic carbocycles. The summed E-state index contributed by atoms with van der Waals surface area (Å²) in [6.45, 7) is 5.23. The molecular weight excluding hydrogens is 499 g/mol. The quantitative estimate of drug-likeness (QED) is 0.329. The van der Waals surface area contributed by atoms with Gasteiger partial charge in [0.05, 0.1) is 29.3 Å². The fraction of sp³-hybridized carbons (Fsp3) is 0.259. The number of hydrogen-bond acceptors (Lipinski definition) is 5. The van der Waals surface area contributed by atoms with Gasteiger partial charge < -0.3 is 14.0 Å². The Morgan fingerprint density at radius 3 is 2.56 bits per heavy atom. The molecule has 9 heteroatoms. The second-order valence-electron chi connectivity index (χ2n) is 8.54. The fourth-order valence-corrected chi connectivity index (χ4v) is 4.61. The summed E-state index contributed by atoms with van der Waals surface area (Å²) in [5.41, 5.74) is 3.29. The molecule has 2 heterocycles. The first-order valence-corrected chi connectivity index (χ1v) is 12.6. The van der Waals surface area contributed by atoms with E-state index < -0.39 is 0 Å². The highest BCUT2D eigenvalue weighted by molar-refractivity contribution is 6.35. The maximum absolute atomic E-state index is 13.1. The van der Waals surface area contributed by atoms with Crippen LogP contribution in [0.4, 0.5) is 5.95 Å². The summed E-state index contributed by atoms with van der Waals surface area (Å²) in [6, 6.07) is 20.3. The number of hydrogen-bond donors (Lipinski definition) is 1. The summed E-state index contributed by atoms with van der Waals surface area (Å²) in [5, 5.41) is 4.01. The van der Waals surface area contributed by atoms with E-state index in [2.05, 4.69) is 19.8 Å². The maximum Gasteiger partial charge on any atom is 0.257 e. The first-order valence-electron chi connectivity index (χ1n) is 11.8. The molecule has 0 spiro atoms. The Kier molecular flexibility index (Phi) is 7.72. The first-order chi connectivity index (χ1) is 17.6. The molecule has 0 aliphatic carbocycles. The normalized spacial score (nSPS) is 14.2. The zero-order valence-corrected chi connectivity index (χ0v) is 21.1. The lowest BCUT2D eigenvalue weighted by molar-refractivity contribution is 0.0366. The highest BCUT2D eigenvalue weighted by Gasteiger charge is 2.17. The number of carbonyl (C=O) groups excluding carboxylic acids is 1. The molecule has 1 saturated heterocycles. The number of nitrogens with one attached hydrogen (secondary N) is 1. The molecule has 0 bridgehead atoms. The Labute approximate surface area is 219 Å². The highest BCUT2D eigenvalue weighted by atomic mass is 35.5. The topological polar surface area (TPSA) is 68.6 Å². The number of benzene rings is 3. The molecule has 7 nitrogen and oxygen atoms in total. The standard InChI is InChI=1S/C27H26Cl2N4O3/c28-21-9-10-25(22(29)17-21)36-18-19-5-7-20(8-6-19)26(34)31-27-30-23-3-1-2-4-24(23)33(27)12-11-32-13-15-35-16-14-32/h1-10,17H,11-16,18H2,(H,30,31,34). The highest BCUT2D eigenvalue weighted by Crippen LogP contribution is 2.28. The molecule has 1 aromatic heterocycles. The van der Waals surface area contributed by atoms with Crippen LogP contribution in [0, 0.1) is 0 Å². The molecule has 186 valence electrons. The number of ether oxygens (including phenoxy) is 2. The van der Waals surface area contributed by atoms with E-state index in [1.54, 1.807) is 30.3 Å². The summed E-state index contributed by atoms with van der Waals surface area (Å²) in [5.74, 6) is 0.879. The molecule has 0 atom stereocenters. The monoisotopic (exact) mass is 524 g/mol. The average molecular weight is 525 g/mol. The van der Waals surface area contributed by atoms with Crippen LogP contribution in [0.2, 0.25) is 10.0 Å². The van der Waals surface area contributed by atoms with Gasteiger partial charge in [0.1, 0.15) is 12.4 Å². The number of morpholine rings is 1. The molecule has 36 heavy (non-hydrogen) atoms. The Balaban J connectivity index is 1.26. The van der Waals surface area contributed by atoms with E-state index >= 15 is 0 Å². The van der Waals surface area contributed by atoms with Crippen LogP contribution in [-0.2, 0) is 17.9 Å². The smallest absolute Gasteiger partial charge is 0.257 e. The molecule has 1 N–H and O–H groups in total. The van der Waals surface area contributed by atoms with E-state index in [9.17, 15) is 4.79 Å². The molecule has 0 unspecified atom stereocenters. The number of carbonyl (C=O) groups is 1. The summed E-state index contributed by atoms with van der Waals surface area (Å²) in [6.07, 6.45) is 0. The van der Waals surface area contributed by atoms with Crippen molar-refractivity contribution in [3.05, 3.63) is 87.9 Å². The predicted molar refractivity (Wildman–Crippen MR) is 142 cm³/mol. The van der Waals surface area contributed by atoms with Crippen molar-refractivity contribution in [2.75, 3.05) is 38.2 Å². The lowest BCUT2D eigenvalue weighted by atomic mass is 10.1. The van der Waals surface area contributed by atoms with E-state index in [1.165, 1.54) is 0 Å². The van der Waals surface area contributed by atoms with Crippen molar-refractivity contribution in [1.29, 1.82) is 0 Å². The van der Waals surface area contributed by atoms with Gasteiger partial charge in [-0.3, -0.25) is 15.0 Å². The van der Waals surface area contributed by atoms with Gasteiger partial charge in [-0.05, 0) is 48.0 Å². The van der Waals surface area contributed by atoms with Gasteiger partial charge in [-0.15, -0.1) is 0 Å². The average Bonchev–Trinajstić information content (AvgIpc) is 3.24. The van der Waals surface area contributed by atoms with Crippen molar-refractivity contribution in [3.63, 3.8) is 0 Å². The summed E-state index contributed by atoms with van der Waals surface area (Å²) >= 11 is 12.1. The van der Waals surface area contributed by atoms with Crippen molar-refractivity contribution in [3.8, 4) is 5.75 Å². The van der Waals surface area contributed by atoms with Gasteiger partial charge in [0.2, 0.25) is 5.95 Å². The Hall–Kier alpha value is -3.10. The minimum Gasteiger partial charge on any atom is -0.487 e. The number of amides is 1. The lowest BCUT2D eigenvalue weighted by Gasteiger charge is -2.26. The third-order valence-corrected chi connectivity index (χ3v) is 6.66. The van der Waals surface area contributed by atoms with Gasteiger partial charge in [0, 0.05) is 36.8 Å². The molecule has 5 rings (SSSR count). The molecule has 1 aliphatic heterocycles. The van der Waals surface area contributed by atoms with E-state index in [-0.39, 0.29) is 5.91 Å². The van der Waals surface area contributed by atoms with Crippen molar-refractivity contribution in [2.45, 2.75) is 13.2 Å². The van der Waals surface area contributed by atoms with Crippen LogP contribution in [0.1, 0.15) is 15.9 Å². The summed E-state index contributed by atoms with van der Waals surface area (Å²) in [4.78, 5) is 20.1. The van der Waals surface area contributed by atoms with Gasteiger partial charge in [-0.2, -0.15) is 0 Å². The van der Waals surface area contributed by atoms with Crippen LogP contribution in [0.3, 0.4) is 0 Å². The van der Waals surface area contributed by atoms with Crippen LogP contribution in [0.5, 0.6) is 5.75 Å². The van der Waals surface area contributed by atoms with Gasteiger partial charge >= 0.3 is 0 Å². The van der Waals surface area contributed by atoms with Gasteiger partial charge in [-0.25, -0.2) is 4.98 Å². The maximum atomic E-state index is 13.1. The van der Waals surface area contributed by atoms with Crippen LogP contribution in [-0.4, -0.2) is 53.2 Å². The molecule has 4 aromatic rings. The zero-order chi connectivity index (χ0) is 24.9. The number of nitrogens with zero attached hydrogens (tertiary/aromatic N) is 3. The largest absolute Gasteiger partial charge is 0.487 e. The van der Waals surface area contributed by atoms with Crippen molar-refractivity contribution < 1.29 is 14.3 Å². The minimum absolute atomic E-state index is 0.217.